The van der Waals surface area contributed by atoms with E-state index in [9.17, 15) is 19.6 Å². The third-order valence-corrected chi connectivity index (χ3v) is 6.87. The predicted molar refractivity (Wildman–Crippen MR) is 146 cm³/mol. The number of hydroxylamine groups is 1. The van der Waals surface area contributed by atoms with E-state index in [-0.39, 0.29) is 11.8 Å². The van der Waals surface area contributed by atoms with Gasteiger partial charge in [0.2, 0.25) is 17.7 Å². The van der Waals surface area contributed by atoms with Crippen LogP contribution in [0.3, 0.4) is 0 Å². The van der Waals surface area contributed by atoms with Crippen molar-refractivity contribution in [2.75, 3.05) is 7.05 Å². The van der Waals surface area contributed by atoms with Crippen LogP contribution in [0.2, 0.25) is 0 Å². The zero-order chi connectivity index (χ0) is 26.9. The van der Waals surface area contributed by atoms with E-state index in [1.54, 1.807) is 12.5 Å². The molecule has 0 aliphatic rings. The first kappa shape index (κ1) is 30.0. The van der Waals surface area contributed by atoms with Gasteiger partial charge in [-0.2, -0.15) is 0 Å². The van der Waals surface area contributed by atoms with Crippen molar-refractivity contribution >= 4 is 17.7 Å². The van der Waals surface area contributed by atoms with Crippen molar-refractivity contribution in [3.05, 3.63) is 71.8 Å². The molecule has 0 aromatic heterocycles. The van der Waals surface area contributed by atoms with E-state index in [0.29, 0.717) is 25.7 Å². The minimum Gasteiger partial charge on any atom is -0.357 e. The van der Waals surface area contributed by atoms with Crippen LogP contribution in [-0.2, 0) is 27.2 Å². The molecular formula is C30H43N3O4. The molecule has 0 saturated carbocycles. The number of hydrogen-bond acceptors (Lipinski definition) is 4. The Bertz CT molecular complexity index is 936. The molecule has 37 heavy (non-hydrogen) atoms. The van der Waals surface area contributed by atoms with Gasteiger partial charge in [-0.1, -0.05) is 99.7 Å². The molecule has 0 radical (unpaired) electrons. The van der Waals surface area contributed by atoms with Crippen LogP contribution in [0, 0.1) is 11.8 Å². The van der Waals surface area contributed by atoms with E-state index in [4.69, 9.17) is 0 Å². The number of hydrogen-bond donors (Lipinski definition) is 4. The van der Waals surface area contributed by atoms with Gasteiger partial charge in [0.15, 0.2) is 0 Å². The summed E-state index contributed by atoms with van der Waals surface area (Å²) in [7, 11) is 1.54. The predicted octanol–water partition coefficient (Wildman–Crippen LogP) is 4.58. The summed E-state index contributed by atoms with van der Waals surface area (Å²) < 4.78 is 0. The largest absolute Gasteiger partial charge is 0.357 e. The Morgan fingerprint density at radius 3 is 1.89 bits per heavy atom. The molecule has 7 nitrogen and oxygen atoms in total. The van der Waals surface area contributed by atoms with Crippen molar-refractivity contribution in [1.82, 2.24) is 16.1 Å². The lowest BCUT2D eigenvalue weighted by Gasteiger charge is -2.27. The first-order chi connectivity index (χ1) is 18.0. The summed E-state index contributed by atoms with van der Waals surface area (Å²) >= 11 is 0. The highest BCUT2D eigenvalue weighted by molar-refractivity contribution is 5.91. The van der Waals surface area contributed by atoms with Gasteiger partial charge in [0.25, 0.3) is 0 Å². The average molecular weight is 510 g/mol. The fourth-order valence-electron chi connectivity index (χ4n) is 4.76. The average Bonchev–Trinajstić information content (AvgIpc) is 2.93. The van der Waals surface area contributed by atoms with E-state index in [1.807, 2.05) is 60.7 Å². The van der Waals surface area contributed by atoms with Gasteiger partial charge in [-0.3, -0.25) is 19.6 Å². The van der Waals surface area contributed by atoms with Crippen LogP contribution in [0.1, 0.15) is 69.4 Å². The molecule has 2 aromatic rings. The maximum Gasteiger partial charge on any atom is 0.247 e. The maximum absolute atomic E-state index is 13.6. The SMILES string of the molecule is CCCCCCC[C@@H](C(=O)N[C@@H](Cc1ccccc1)C(=O)NC)[C@H](CCCc1ccccc1)C(=O)NO. The van der Waals surface area contributed by atoms with Crippen LogP contribution in [-0.4, -0.2) is 36.0 Å². The first-order valence-corrected chi connectivity index (χ1v) is 13.5. The molecule has 0 saturated heterocycles. The zero-order valence-corrected chi connectivity index (χ0v) is 22.2. The van der Waals surface area contributed by atoms with Gasteiger partial charge in [-0.05, 0) is 36.8 Å². The molecule has 0 spiro atoms. The van der Waals surface area contributed by atoms with Gasteiger partial charge in [0.05, 0.1) is 5.92 Å². The highest BCUT2D eigenvalue weighted by Gasteiger charge is 2.35. The second-order valence-electron chi connectivity index (χ2n) is 9.63. The molecule has 0 bridgehead atoms. The number of unbranched alkanes of at least 4 members (excludes halogenated alkanes) is 4. The summed E-state index contributed by atoms with van der Waals surface area (Å²) in [5.41, 5.74) is 3.88. The molecule has 0 unspecified atom stereocenters. The second kappa shape index (κ2) is 17.3. The molecule has 0 aliphatic carbocycles. The van der Waals surface area contributed by atoms with Crippen molar-refractivity contribution in [2.24, 2.45) is 11.8 Å². The number of benzene rings is 2. The van der Waals surface area contributed by atoms with Gasteiger partial charge >= 0.3 is 0 Å². The molecule has 2 aromatic carbocycles. The van der Waals surface area contributed by atoms with Gasteiger partial charge in [0, 0.05) is 19.4 Å². The number of amides is 3. The molecule has 2 rings (SSSR count). The van der Waals surface area contributed by atoms with E-state index < -0.39 is 23.8 Å². The molecule has 3 atom stereocenters. The lowest BCUT2D eigenvalue weighted by Crippen LogP contribution is -2.51. The van der Waals surface area contributed by atoms with Crippen LogP contribution >= 0.6 is 0 Å². The Balaban J connectivity index is 2.18. The zero-order valence-electron chi connectivity index (χ0n) is 22.2. The van der Waals surface area contributed by atoms with E-state index in [1.165, 1.54) is 0 Å². The molecule has 4 N–H and O–H groups in total. The molecule has 202 valence electrons. The molecule has 0 heterocycles. The lowest BCUT2D eigenvalue weighted by atomic mass is 9.82. The van der Waals surface area contributed by atoms with Gasteiger partial charge in [-0.15, -0.1) is 0 Å². The Morgan fingerprint density at radius 2 is 1.30 bits per heavy atom. The maximum atomic E-state index is 13.6. The van der Waals surface area contributed by atoms with E-state index >= 15 is 0 Å². The third kappa shape index (κ3) is 10.8. The summed E-state index contributed by atoms with van der Waals surface area (Å²) in [5, 5.41) is 15.1. The number of carbonyl (C=O) groups excluding carboxylic acids is 3. The van der Waals surface area contributed by atoms with Crippen molar-refractivity contribution in [3.63, 3.8) is 0 Å². The highest BCUT2D eigenvalue weighted by Crippen LogP contribution is 2.26. The molecule has 0 fully saturated rings. The van der Waals surface area contributed by atoms with Crippen LogP contribution in [0.15, 0.2) is 60.7 Å². The highest BCUT2D eigenvalue weighted by atomic mass is 16.5. The normalized spacial score (nSPS) is 13.3. The Labute approximate surface area is 221 Å². The topological polar surface area (TPSA) is 108 Å². The monoisotopic (exact) mass is 509 g/mol. The Kier molecular flexibility index (Phi) is 14.0. The lowest BCUT2D eigenvalue weighted by molar-refractivity contribution is -0.141. The van der Waals surface area contributed by atoms with Gasteiger partial charge in [0.1, 0.15) is 6.04 Å². The standard InChI is InChI=1S/C30H43N3O4/c1-3-4-5-6-13-20-25(26(29(35)33-37)21-14-19-23-15-9-7-10-16-23)28(34)32-27(30(36)31-2)22-24-17-11-8-12-18-24/h7-12,15-18,25-27,37H,3-6,13-14,19-22H2,1-2H3,(H,31,36)(H,32,34)(H,33,35)/t25-,26+,27+/m1/s1. The summed E-state index contributed by atoms with van der Waals surface area (Å²) in [6, 6.07) is 18.8. The summed E-state index contributed by atoms with van der Waals surface area (Å²) in [5.74, 6) is -2.50. The van der Waals surface area contributed by atoms with Crippen LogP contribution in [0.5, 0.6) is 0 Å². The van der Waals surface area contributed by atoms with Gasteiger partial charge in [-0.25, -0.2) is 5.48 Å². The van der Waals surface area contributed by atoms with Crippen molar-refractivity contribution < 1.29 is 19.6 Å². The third-order valence-electron chi connectivity index (χ3n) is 6.87. The fraction of sp³-hybridized carbons (Fsp3) is 0.500. The number of nitrogens with one attached hydrogen (secondary N) is 3. The smallest absolute Gasteiger partial charge is 0.247 e. The van der Waals surface area contributed by atoms with Gasteiger partial charge < -0.3 is 10.6 Å². The molecule has 7 heteroatoms. The van der Waals surface area contributed by atoms with Crippen molar-refractivity contribution in [1.29, 1.82) is 0 Å². The summed E-state index contributed by atoms with van der Waals surface area (Å²) in [6.45, 7) is 2.15. The second-order valence-corrected chi connectivity index (χ2v) is 9.63. The summed E-state index contributed by atoms with van der Waals surface area (Å²) in [4.78, 5) is 39.1. The molecule has 0 aliphatic heterocycles. The first-order valence-electron chi connectivity index (χ1n) is 13.5. The number of rotatable bonds is 17. The van der Waals surface area contributed by atoms with Crippen LogP contribution < -0.4 is 16.1 Å². The molecular weight excluding hydrogens is 466 g/mol. The van der Waals surface area contributed by atoms with E-state index in [0.717, 1.165) is 49.7 Å². The minimum atomic E-state index is -0.760. The minimum absolute atomic E-state index is 0.286. The number of carbonyl (C=O) groups is 3. The van der Waals surface area contributed by atoms with E-state index in [2.05, 4.69) is 17.6 Å². The number of likely N-dealkylation sites (N-methyl/N-ethyl adjacent to an activating group) is 1. The Morgan fingerprint density at radius 1 is 0.730 bits per heavy atom. The van der Waals surface area contributed by atoms with Crippen molar-refractivity contribution in [3.8, 4) is 0 Å². The van der Waals surface area contributed by atoms with Crippen LogP contribution in [0.4, 0.5) is 0 Å². The van der Waals surface area contributed by atoms with Crippen molar-refractivity contribution in [2.45, 2.75) is 77.2 Å². The quantitative estimate of drug-likeness (QED) is 0.142. The van der Waals surface area contributed by atoms with Crippen LogP contribution in [0.25, 0.3) is 0 Å². The summed E-state index contributed by atoms with van der Waals surface area (Å²) in [6.07, 6.45) is 7.89. The Hall–Kier alpha value is -3.19. The number of aryl methyl sites for hydroxylation is 1. The fourth-order valence-corrected chi connectivity index (χ4v) is 4.76. The molecule has 3 amide bonds.